The molecule has 1 aliphatic heterocycles. The summed E-state index contributed by atoms with van der Waals surface area (Å²) in [5.41, 5.74) is 0. The Bertz CT molecular complexity index is 478. The van der Waals surface area contributed by atoms with Gasteiger partial charge in [0.1, 0.15) is 19.3 Å². The van der Waals surface area contributed by atoms with Crippen LogP contribution in [0.2, 0.25) is 0 Å². The lowest BCUT2D eigenvalue weighted by atomic mass is 10.3. The highest BCUT2D eigenvalue weighted by molar-refractivity contribution is 7.99. The van der Waals surface area contributed by atoms with E-state index < -0.39 is 12.0 Å². The van der Waals surface area contributed by atoms with Gasteiger partial charge in [0.25, 0.3) is 0 Å². The van der Waals surface area contributed by atoms with Gasteiger partial charge in [-0.05, 0) is 18.2 Å². The van der Waals surface area contributed by atoms with Crippen LogP contribution < -0.4 is 14.8 Å². The van der Waals surface area contributed by atoms with Gasteiger partial charge >= 0.3 is 5.97 Å². The van der Waals surface area contributed by atoms with Crippen LogP contribution >= 0.6 is 11.8 Å². The third kappa shape index (κ3) is 4.05. The summed E-state index contributed by atoms with van der Waals surface area (Å²) < 4.78 is 11.0. The van der Waals surface area contributed by atoms with Crippen molar-refractivity contribution in [2.24, 2.45) is 0 Å². The number of carboxylic acids is 1. The first-order valence-electron chi connectivity index (χ1n) is 6.57. The lowest BCUT2D eigenvalue weighted by Gasteiger charge is -2.20. The summed E-state index contributed by atoms with van der Waals surface area (Å²) in [5, 5.41) is 12.2. The predicted molar refractivity (Wildman–Crippen MR) is 77.9 cm³/mol. The van der Waals surface area contributed by atoms with Crippen LogP contribution in [-0.4, -0.2) is 42.1 Å². The molecule has 0 bridgehead atoms. The summed E-state index contributed by atoms with van der Waals surface area (Å²) in [4.78, 5) is 12.1. The first-order valence-corrected chi connectivity index (χ1v) is 7.56. The molecule has 0 fully saturated rings. The van der Waals surface area contributed by atoms with E-state index in [0.717, 1.165) is 16.4 Å². The largest absolute Gasteiger partial charge is 0.486 e. The molecule has 2 N–H and O–H groups in total. The molecule has 1 aromatic rings. The van der Waals surface area contributed by atoms with Crippen LogP contribution in [0.15, 0.2) is 23.1 Å². The number of rotatable bonds is 6. The molecule has 0 saturated carbocycles. The number of fused-ring (bicyclic) bond motifs is 1. The van der Waals surface area contributed by atoms with E-state index in [-0.39, 0.29) is 6.04 Å². The maximum atomic E-state index is 11.2. The number of ether oxygens (including phenoxy) is 2. The van der Waals surface area contributed by atoms with Crippen LogP contribution in [0.1, 0.15) is 13.8 Å². The number of benzene rings is 1. The maximum absolute atomic E-state index is 11.2. The van der Waals surface area contributed by atoms with E-state index in [9.17, 15) is 9.90 Å². The summed E-state index contributed by atoms with van der Waals surface area (Å²) >= 11 is 1.49. The molecule has 1 aromatic carbocycles. The Morgan fingerprint density at radius 2 is 2.05 bits per heavy atom. The fourth-order valence-electron chi connectivity index (χ4n) is 1.89. The molecule has 1 aliphatic rings. The number of thioether (sulfide) groups is 1. The van der Waals surface area contributed by atoms with E-state index in [4.69, 9.17) is 9.47 Å². The lowest BCUT2D eigenvalue weighted by Crippen LogP contribution is -2.42. The van der Waals surface area contributed by atoms with Gasteiger partial charge in [0, 0.05) is 16.7 Å². The SMILES string of the molecule is CC(C)NC(CSc1ccc2c(c1)OCCO2)C(=O)O. The van der Waals surface area contributed by atoms with Crippen molar-refractivity contribution in [2.45, 2.75) is 30.8 Å². The van der Waals surface area contributed by atoms with Crippen molar-refractivity contribution < 1.29 is 19.4 Å². The molecule has 0 radical (unpaired) electrons. The highest BCUT2D eigenvalue weighted by atomic mass is 32.2. The Balaban J connectivity index is 1.97. The van der Waals surface area contributed by atoms with Crippen molar-refractivity contribution in [3.05, 3.63) is 18.2 Å². The van der Waals surface area contributed by atoms with Gasteiger partial charge in [0.05, 0.1) is 0 Å². The molecule has 2 rings (SSSR count). The van der Waals surface area contributed by atoms with Crippen LogP contribution in [0.5, 0.6) is 11.5 Å². The molecule has 6 heteroatoms. The third-order valence-corrected chi connectivity index (χ3v) is 3.85. The molecule has 0 spiro atoms. The smallest absolute Gasteiger partial charge is 0.321 e. The fourth-order valence-corrected chi connectivity index (χ4v) is 2.84. The van der Waals surface area contributed by atoms with Gasteiger partial charge in [-0.3, -0.25) is 4.79 Å². The van der Waals surface area contributed by atoms with Crippen LogP contribution in [-0.2, 0) is 4.79 Å². The van der Waals surface area contributed by atoms with Gasteiger partial charge in [-0.1, -0.05) is 13.8 Å². The molecule has 1 unspecified atom stereocenters. The Morgan fingerprint density at radius 3 is 2.70 bits per heavy atom. The number of hydrogen-bond donors (Lipinski definition) is 2. The monoisotopic (exact) mass is 297 g/mol. The van der Waals surface area contributed by atoms with Gasteiger partial charge in [-0.2, -0.15) is 0 Å². The van der Waals surface area contributed by atoms with Crippen molar-refractivity contribution in [2.75, 3.05) is 19.0 Å². The third-order valence-electron chi connectivity index (χ3n) is 2.76. The summed E-state index contributed by atoms with van der Waals surface area (Å²) in [6, 6.07) is 5.26. The van der Waals surface area contributed by atoms with Gasteiger partial charge < -0.3 is 19.9 Å². The number of carboxylic acid groups (broad SMARTS) is 1. The Kier molecular flexibility index (Phi) is 5.14. The second-order valence-electron chi connectivity index (χ2n) is 4.83. The van der Waals surface area contributed by atoms with Crippen molar-refractivity contribution in [1.29, 1.82) is 0 Å². The van der Waals surface area contributed by atoms with Crippen LogP contribution in [0.25, 0.3) is 0 Å². The minimum Gasteiger partial charge on any atom is -0.486 e. The first kappa shape index (κ1) is 15.0. The fraction of sp³-hybridized carbons (Fsp3) is 0.500. The summed E-state index contributed by atoms with van der Waals surface area (Å²) in [6.07, 6.45) is 0. The second-order valence-corrected chi connectivity index (χ2v) is 5.92. The molecule has 0 aromatic heterocycles. The standard InChI is InChI=1S/C14H19NO4S/c1-9(2)15-11(14(16)17)8-20-10-3-4-12-13(7-10)19-6-5-18-12/h3-4,7,9,11,15H,5-6,8H2,1-2H3,(H,16,17). The summed E-state index contributed by atoms with van der Waals surface area (Å²) in [6.45, 7) is 4.99. The van der Waals surface area contributed by atoms with E-state index in [1.54, 1.807) is 0 Å². The average Bonchev–Trinajstić information content (AvgIpc) is 2.42. The topological polar surface area (TPSA) is 67.8 Å². The molecular formula is C14H19NO4S. The molecule has 110 valence electrons. The lowest BCUT2D eigenvalue weighted by molar-refractivity contribution is -0.139. The van der Waals surface area contributed by atoms with Crippen LogP contribution in [0, 0.1) is 0 Å². The maximum Gasteiger partial charge on any atom is 0.321 e. The normalized spacial score (nSPS) is 15.2. The zero-order valence-electron chi connectivity index (χ0n) is 11.6. The zero-order chi connectivity index (χ0) is 14.5. The highest BCUT2D eigenvalue weighted by Gasteiger charge is 2.19. The van der Waals surface area contributed by atoms with E-state index >= 15 is 0 Å². The predicted octanol–water partition coefficient (Wildman–Crippen LogP) is 2.00. The minimum absolute atomic E-state index is 0.136. The van der Waals surface area contributed by atoms with Gasteiger partial charge in [-0.15, -0.1) is 11.8 Å². The van der Waals surface area contributed by atoms with Gasteiger partial charge in [0.15, 0.2) is 11.5 Å². The molecule has 1 atom stereocenters. The summed E-state index contributed by atoms with van der Waals surface area (Å²) in [7, 11) is 0. The van der Waals surface area contributed by atoms with E-state index in [2.05, 4.69) is 5.32 Å². The zero-order valence-corrected chi connectivity index (χ0v) is 12.4. The molecule has 1 heterocycles. The number of nitrogens with one attached hydrogen (secondary N) is 1. The van der Waals surface area contributed by atoms with Crippen molar-refractivity contribution in [3.63, 3.8) is 0 Å². The minimum atomic E-state index is -0.830. The Morgan fingerprint density at radius 1 is 1.35 bits per heavy atom. The van der Waals surface area contributed by atoms with Crippen LogP contribution in [0.4, 0.5) is 0 Å². The first-order chi connectivity index (χ1) is 9.56. The van der Waals surface area contributed by atoms with E-state index in [1.807, 2.05) is 32.0 Å². The Hall–Kier alpha value is -1.40. The Labute approximate surface area is 122 Å². The number of aliphatic carboxylic acids is 1. The molecule has 20 heavy (non-hydrogen) atoms. The average molecular weight is 297 g/mol. The second kappa shape index (κ2) is 6.85. The van der Waals surface area contributed by atoms with Crippen molar-refractivity contribution in [3.8, 4) is 11.5 Å². The number of hydrogen-bond acceptors (Lipinski definition) is 5. The molecule has 5 nitrogen and oxygen atoms in total. The molecular weight excluding hydrogens is 278 g/mol. The molecule has 0 saturated heterocycles. The van der Waals surface area contributed by atoms with Crippen LogP contribution in [0.3, 0.4) is 0 Å². The van der Waals surface area contributed by atoms with Gasteiger partial charge in [-0.25, -0.2) is 0 Å². The molecule has 0 amide bonds. The van der Waals surface area contributed by atoms with E-state index in [1.165, 1.54) is 11.8 Å². The van der Waals surface area contributed by atoms with E-state index in [0.29, 0.717) is 19.0 Å². The van der Waals surface area contributed by atoms with Crippen molar-refractivity contribution >= 4 is 17.7 Å². The number of carbonyl (C=O) groups is 1. The summed E-state index contributed by atoms with van der Waals surface area (Å²) in [5.74, 6) is 1.11. The van der Waals surface area contributed by atoms with Gasteiger partial charge in [0.2, 0.25) is 0 Å². The molecule has 0 aliphatic carbocycles. The quantitative estimate of drug-likeness (QED) is 0.783. The highest BCUT2D eigenvalue weighted by Crippen LogP contribution is 2.34. The van der Waals surface area contributed by atoms with Crippen molar-refractivity contribution in [1.82, 2.24) is 5.32 Å².